The zero-order valence-electron chi connectivity index (χ0n) is 39.6. The zero-order chi connectivity index (χ0) is 46.8. The van der Waals surface area contributed by atoms with Crippen LogP contribution in [0.5, 0.6) is 0 Å². The number of hydrogen-bond donors (Lipinski definition) is 3. The molecule has 1 unspecified atom stereocenters. The summed E-state index contributed by atoms with van der Waals surface area (Å²) in [5.41, 5.74) is -1.49. The van der Waals surface area contributed by atoms with E-state index in [0.717, 1.165) is 12.7 Å². The van der Waals surface area contributed by atoms with Crippen molar-refractivity contribution in [3.05, 3.63) is 24.3 Å². The minimum Gasteiger partial charge on any atom is -0.462 e. The molecule has 4 rings (SSSR count). The molecule has 0 radical (unpaired) electrons. The predicted octanol–water partition coefficient (Wildman–Crippen LogP) is 3.29. The fourth-order valence-corrected chi connectivity index (χ4v) is 9.44. The fourth-order valence-electron chi connectivity index (χ4n) is 9.44. The number of allylic oxidation sites excluding steroid dienone is 2. The highest BCUT2D eigenvalue weighted by atomic mass is 16.7. The van der Waals surface area contributed by atoms with Gasteiger partial charge in [-0.3, -0.25) is 9.59 Å². The van der Waals surface area contributed by atoms with Gasteiger partial charge in [-0.2, -0.15) is 0 Å². The van der Waals surface area contributed by atoms with Gasteiger partial charge < -0.3 is 72.5 Å². The van der Waals surface area contributed by atoms with Gasteiger partial charge in [-0.15, -0.1) is 0 Å². The quantitative estimate of drug-likeness (QED) is 0.180. The summed E-state index contributed by atoms with van der Waals surface area (Å²) in [6.45, 7) is 12.4. The molecule has 3 N–H and O–H groups in total. The van der Waals surface area contributed by atoms with Crippen LogP contribution in [0.3, 0.4) is 0 Å². The standard InChI is InChI=1S/C46H78N2O15/c1-13-35(50)60-34-24-36(51)56-27(3)17-15-14-16-18-33(61-37-20-19-32(47(8)9)28(4)57-37)26(2)23-31(21-22-49)42(43(34)55-12)63-45-40(52)39(48(10)11)41(29(5)59-45)62-38-25-46(7,54)44(53)30(6)58-38/h14-16,18,22,26-34,37-45,52-54H,13,17,19-21,23-25H2,1-12H3/b15-14-,18-16-/t26-,27-,28-,29-,30+,31+,32+,33+,34-,37?,38+,39-,40-,41-,42+,43+,44+,45+,46-/m1/s1. The molecule has 0 aromatic carbocycles. The lowest BCUT2D eigenvalue weighted by atomic mass is 9.82. The van der Waals surface area contributed by atoms with Gasteiger partial charge in [0.2, 0.25) is 0 Å². The van der Waals surface area contributed by atoms with E-state index < -0.39 is 109 Å². The number of aliphatic hydroxyl groups excluding tert-OH is 2. The van der Waals surface area contributed by atoms with Crippen LogP contribution in [0.4, 0.5) is 0 Å². The Morgan fingerprint density at radius 2 is 1.60 bits per heavy atom. The maximum absolute atomic E-state index is 13.5. The van der Waals surface area contributed by atoms with Gasteiger partial charge in [0, 0.05) is 38.8 Å². The van der Waals surface area contributed by atoms with E-state index in [4.69, 9.17) is 42.6 Å². The molecule has 17 nitrogen and oxygen atoms in total. The van der Waals surface area contributed by atoms with Crippen molar-refractivity contribution in [1.29, 1.82) is 0 Å². The topological polar surface area (TPSA) is 201 Å². The molecule has 0 bridgehead atoms. The number of carbonyl (C=O) groups excluding carboxylic acids is 3. The average molecular weight is 899 g/mol. The zero-order valence-corrected chi connectivity index (χ0v) is 39.6. The van der Waals surface area contributed by atoms with Gasteiger partial charge in [0.1, 0.15) is 42.9 Å². The van der Waals surface area contributed by atoms with Crippen molar-refractivity contribution >= 4 is 18.2 Å². The second-order valence-corrected chi connectivity index (χ2v) is 18.6. The number of likely N-dealkylation sites (N-methyl/N-ethyl adjacent to an activating group) is 2. The Labute approximate surface area is 374 Å². The summed E-state index contributed by atoms with van der Waals surface area (Å²) in [6, 6.07) is -0.510. The SMILES string of the molecule is CCC(=O)O[C@@H]1CC(=O)O[C@H](C)C/C=C\C=C/[C@H](OC2CC[C@H](N(C)C)[C@@H](C)O2)[C@H](C)C[C@H](CC=O)[C@H](O[C@@H]2O[C@H](C)[C@@H](O[C@H]3C[C@@](C)(O)[C@@H](O)[C@H](C)O3)[C@H](N(C)C)[C@H]2O)[C@H]1OC. The molecule has 0 aromatic rings. The van der Waals surface area contributed by atoms with Crippen molar-refractivity contribution < 1.29 is 72.3 Å². The van der Waals surface area contributed by atoms with E-state index in [2.05, 4.69) is 4.90 Å². The highest BCUT2D eigenvalue weighted by Crippen LogP contribution is 2.38. The highest BCUT2D eigenvalue weighted by molar-refractivity contribution is 5.72. The van der Waals surface area contributed by atoms with Gasteiger partial charge in [-0.25, -0.2) is 0 Å². The number of aldehydes is 1. The lowest BCUT2D eigenvalue weighted by Gasteiger charge is -2.50. The molecule has 4 heterocycles. The third-order valence-corrected chi connectivity index (χ3v) is 12.9. The largest absolute Gasteiger partial charge is 0.462 e. The van der Waals surface area contributed by atoms with Crippen molar-refractivity contribution in [2.24, 2.45) is 11.8 Å². The van der Waals surface area contributed by atoms with E-state index in [1.54, 1.807) is 46.7 Å². The first-order valence-corrected chi connectivity index (χ1v) is 22.7. The first kappa shape index (κ1) is 53.2. The first-order chi connectivity index (χ1) is 29.7. The van der Waals surface area contributed by atoms with Crippen molar-refractivity contribution in [3.63, 3.8) is 0 Å². The van der Waals surface area contributed by atoms with Crippen LogP contribution < -0.4 is 0 Å². The fraction of sp³-hybridized carbons (Fsp3) is 0.848. The Kier molecular flexibility index (Phi) is 20.6. The molecule has 362 valence electrons. The predicted molar refractivity (Wildman–Crippen MR) is 231 cm³/mol. The molecular weight excluding hydrogens is 821 g/mol. The van der Waals surface area contributed by atoms with Crippen LogP contribution in [0.1, 0.15) is 99.8 Å². The lowest BCUT2D eigenvalue weighted by molar-refractivity contribution is -0.344. The second-order valence-electron chi connectivity index (χ2n) is 18.6. The molecule has 3 saturated heterocycles. The van der Waals surface area contributed by atoms with Crippen LogP contribution in [0.25, 0.3) is 0 Å². The second kappa shape index (κ2) is 24.4. The van der Waals surface area contributed by atoms with Crippen molar-refractivity contribution in [1.82, 2.24) is 9.80 Å². The number of aliphatic hydroxyl groups is 3. The molecule has 0 saturated carbocycles. The number of nitrogens with zero attached hydrogens (tertiary/aromatic N) is 2. The van der Waals surface area contributed by atoms with Crippen LogP contribution in [0.2, 0.25) is 0 Å². The molecule has 17 heteroatoms. The Balaban J connectivity index is 1.74. The number of hydrogen-bond acceptors (Lipinski definition) is 17. The highest BCUT2D eigenvalue weighted by Gasteiger charge is 2.52. The van der Waals surface area contributed by atoms with E-state index in [1.165, 1.54) is 14.0 Å². The van der Waals surface area contributed by atoms with Crippen LogP contribution >= 0.6 is 0 Å². The van der Waals surface area contributed by atoms with Crippen LogP contribution in [0.15, 0.2) is 24.3 Å². The van der Waals surface area contributed by atoms with Gasteiger partial charge in [0.15, 0.2) is 18.9 Å². The van der Waals surface area contributed by atoms with E-state index >= 15 is 0 Å². The normalized spacial score (nSPS) is 43.5. The number of rotatable bonds is 13. The monoisotopic (exact) mass is 899 g/mol. The average Bonchev–Trinajstić information content (AvgIpc) is 3.19. The maximum Gasteiger partial charge on any atom is 0.309 e. The number of esters is 2. The Morgan fingerprint density at radius 1 is 0.905 bits per heavy atom. The van der Waals surface area contributed by atoms with Gasteiger partial charge in [0.05, 0.1) is 48.6 Å². The third-order valence-electron chi connectivity index (χ3n) is 12.9. The van der Waals surface area contributed by atoms with Crippen molar-refractivity contribution in [3.8, 4) is 0 Å². The minimum atomic E-state index is -1.49. The summed E-state index contributed by atoms with van der Waals surface area (Å²) < 4.78 is 56.7. The van der Waals surface area contributed by atoms with Crippen molar-refractivity contribution in [2.45, 2.75) is 204 Å². The van der Waals surface area contributed by atoms with Crippen LogP contribution in [-0.2, 0) is 57.0 Å². The molecule has 63 heavy (non-hydrogen) atoms. The summed E-state index contributed by atoms with van der Waals surface area (Å²) in [7, 11) is 9.04. The lowest BCUT2D eigenvalue weighted by Crippen LogP contribution is -2.65. The van der Waals surface area contributed by atoms with E-state index in [9.17, 15) is 29.7 Å². The molecular formula is C46H78N2O15. The first-order valence-electron chi connectivity index (χ1n) is 22.7. The summed E-state index contributed by atoms with van der Waals surface area (Å²) in [5, 5.41) is 33.7. The summed E-state index contributed by atoms with van der Waals surface area (Å²) >= 11 is 0. The Hall–Kier alpha value is -2.39. The molecule has 0 aliphatic carbocycles. The molecule has 3 fully saturated rings. The van der Waals surface area contributed by atoms with E-state index in [1.807, 2.05) is 52.2 Å². The van der Waals surface area contributed by atoms with Gasteiger partial charge in [0.25, 0.3) is 0 Å². The Bertz CT molecular complexity index is 1490. The maximum atomic E-state index is 13.5. The van der Waals surface area contributed by atoms with Gasteiger partial charge in [-0.1, -0.05) is 38.2 Å². The van der Waals surface area contributed by atoms with Gasteiger partial charge >= 0.3 is 11.9 Å². The number of carbonyl (C=O) groups is 3. The molecule has 0 amide bonds. The molecule has 4 aliphatic heterocycles. The molecule has 19 atom stereocenters. The summed E-state index contributed by atoms with van der Waals surface area (Å²) in [5.74, 6) is -2.12. The van der Waals surface area contributed by atoms with Crippen LogP contribution in [0, 0.1) is 11.8 Å². The molecule has 0 aromatic heterocycles. The summed E-state index contributed by atoms with van der Waals surface area (Å²) in [6.07, 6.45) is -1.76. The number of cyclic esters (lactones) is 1. The molecule has 4 aliphatic rings. The van der Waals surface area contributed by atoms with E-state index in [0.29, 0.717) is 19.3 Å². The van der Waals surface area contributed by atoms with E-state index in [-0.39, 0.29) is 43.7 Å². The number of ether oxygens (including phenoxy) is 9. The van der Waals surface area contributed by atoms with Crippen molar-refractivity contribution in [2.75, 3.05) is 35.3 Å². The number of methoxy groups -OCH3 is 1. The van der Waals surface area contributed by atoms with Gasteiger partial charge in [-0.05, 0) is 93.9 Å². The molecule has 0 spiro atoms. The smallest absolute Gasteiger partial charge is 0.309 e. The summed E-state index contributed by atoms with van der Waals surface area (Å²) in [4.78, 5) is 43.2. The van der Waals surface area contributed by atoms with Crippen LogP contribution in [-0.4, -0.2) is 182 Å². The third kappa shape index (κ3) is 14.5. The Morgan fingerprint density at radius 3 is 2.21 bits per heavy atom. The minimum absolute atomic E-state index is 0.0117.